The topological polar surface area (TPSA) is 70.1 Å². The number of amides is 2. The van der Waals surface area contributed by atoms with Gasteiger partial charge in [-0.3, -0.25) is 19.3 Å². The van der Waals surface area contributed by atoms with Gasteiger partial charge in [-0.1, -0.05) is 67.8 Å². The molecule has 5 rings (SSSR count). The molecule has 3 atom stereocenters. The Morgan fingerprint density at radius 3 is 2.33 bits per heavy atom. The molecule has 2 saturated heterocycles. The highest BCUT2D eigenvalue weighted by molar-refractivity contribution is 6.07. The monoisotopic (exact) mass is 406 g/mol. The van der Waals surface area contributed by atoms with Crippen molar-refractivity contribution < 1.29 is 19.5 Å². The molecule has 6 heteroatoms. The van der Waals surface area contributed by atoms with Crippen LogP contribution in [0.1, 0.15) is 49.3 Å². The molecule has 0 aromatic heterocycles. The first-order valence-electron chi connectivity index (χ1n) is 10.8. The molecule has 1 saturated carbocycles. The van der Waals surface area contributed by atoms with E-state index in [0.717, 1.165) is 37.7 Å². The number of aromatic hydroxyl groups is 1. The van der Waals surface area contributed by atoms with E-state index in [9.17, 15) is 14.7 Å². The van der Waals surface area contributed by atoms with Gasteiger partial charge >= 0.3 is 0 Å². The molecule has 2 aromatic rings. The lowest BCUT2D eigenvalue weighted by atomic mass is 9.89. The van der Waals surface area contributed by atoms with Crippen molar-refractivity contribution in [3.05, 3.63) is 65.7 Å². The number of likely N-dealkylation sites (tertiary alicyclic amines) is 1. The standard InChI is InChI=1S/C24H26N2O4/c27-19-14-8-7-13-18(19)21-20-22(30-25(21)15-16-9-3-1-4-10-16)24(29)26(23(20)28)17-11-5-2-6-12-17/h1,3-4,7-10,13-14,17,20-22,27H,2,5-6,11-12,15H2. The molecule has 0 spiro atoms. The first-order chi connectivity index (χ1) is 14.6. The van der Waals surface area contributed by atoms with Crippen LogP contribution in [-0.2, 0) is 21.0 Å². The molecule has 2 aromatic carbocycles. The van der Waals surface area contributed by atoms with Crippen LogP contribution in [0.2, 0.25) is 0 Å². The predicted octanol–water partition coefficient (Wildman–Crippen LogP) is 3.57. The number of carbonyl (C=O) groups excluding carboxylic acids is 2. The summed E-state index contributed by atoms with van der Waals surface area (Å²) >= 11 is 0. The largest absolute Gasteiger partial charge is 0.508 e. The van der Waals surface area contributed by atoms with E-state index in [-0.39, 0.29) is 23.6 Å². The number of rotatable bonds is 4. The molecule has 2 aliphatic heterocycles. The van der Waals surface area contributed by atoms with Crippen molar-refractivity contribution in [3.8, 4) is 5.75 Å². The van der Waals surface area contributed by atoms with Gasteiger partial charge in [0.05, 0.1) is 12.0 Å². The number of phenols is 1. The van der Waals surface area contributed by atoms with Gasteiger partial charge in [-0.05, 0) is 24.5 Å². The Balaban J connectivity index is 1.50. The molecule has 3 unspecified atom stereocenters. The van der Waals surface area contributed by atoms with E-state index in [1.165, 1.54) is 4.90 Å². The van der Waals surface area contributed by atoms with Gasteiger partial charge in [-0.2, -0.15) is 5.06 Å². The third kappa shape index (κ3) is 3.20. The zero-order valence-corrected chi connectivity index (χ0v) is 16.8. The molecule has 6 nitrogen and oxygen atoms in total. The van der Waals surface area contributed by atoms with Crippen LogP contribution in [0.25, 0.3) is 0 Å². The van der Waals surface area contributed by atoms with E-state index < -0.39 is 18.1 Å². The summed E-state index contributed by atoms with van der Waals surface area (Å²) in [5.74, 6) is -0.925. The van der Waals surface area contributed by atoms with Crippen LogP contribution >= 0.6 is 0 Å². The minimum absolute atomic E-state index is 0.0273. The maximum absolute atomic E-state index is 13.5. The Morgan fingerprint density at radius 1 is 0.900 bits per heavy atom. The second-order valence-electron chi connectivity index (χ2n) is 8.45. The maximum Gasteiger partial charge on any atom is 0.261 e. The Morgan fingerprint density at radius 2 is 1.60 bits per heavy atom. The summed E-state index contributed by atoms with van der Waals surface area (Å²) in [6.45, 7) is 0.427. The van der Waals surface area contributed by atoms with E-state index in [1.807, 2.05) is 42.5 Å². The van der Waals surface area contributed by atoms with Crippen molar-refractivity contribution >= 4 is 11.8 Å². The number of hydrogen-bond donors (Lipinski definition) is 1. The van der Waals surface area contributed by atoms with Crippen molar-refractivity contribution in [2.45, 2.75) is 56.8 Å². The summed E-state index contributed by atoms with van der Waals surface area (Å²) < 4.78 is 0. The number of fused-ring (bicyclic) bond motifs is 1. The number of hydrogen-bond acceptors (Lipinski definition) is 5. The van der Waals surface area contributed by atoms with E-state index in [0.29, 0.717) is 12.1 Å². The minimum Gasteiger partial charge on any atom is -0.508 e. The summed E-state index contributed by atoms with van der Waals surface area (Å²) in [5, 5.41) is 12.3. The molecule has 156 valence electrons. The first kappa shape index (κ1) is 19.3. The Hall–Kier alpha value is -2.70. The lowest BCUT2D eigenvalue weighted by molar-refractivity contribution is -0.185. The highest BCUT2D eigenvalue weighted by Crippen LogP contribution is 2.48. The first-order valence-corrected chi connectivity index (χ1v) is 10.8. The maximum atomic E-state index is 13.5. The second kappa shape index (κ2) is 7.85. The van der Waals surface area contributed by atoms with Crippen LogP contribution in [0, 0.1) is 5.92 Å². The average Bonchev–Trinajstić information content (AvgIpc) is 3.25. The van der Waals surface area contributed by atoms with Gasteiger partial charge in [-0.15, -0.1) is 0 Å². The zero-order chi connectivity index (χ0) is 20.7. The predicted molar refractivity (Wildman–Crippen MR) is 110 cm³/mol. The SMILES string of the molecule is O=C1C2ON(Cc3ccccc3)C(c3ccccc3O)C2C(=O)N1C1CCCCC1. The van der Waals surface area contributed by atoms with Crippen molar-refractivity contribution in [2.75, 3.05) is 0 Å². The number of benzene rings is 2. The smallest absolute Gasteiger partial charge is 0.261 e. The summed E-state index contributed by atoms with van der Waals surface area (Å²) in [4.78, 5) is 34.4. The molecule has 2 heterocycles. The fourth-order valence-electron chi connectivity index (χ4n) is 5.18. The normalized spacial score (nSPS) is 27.6. The van der Waals surface area contributed by atoms with Crippen molar-refractivity contribution in [1.82, 2.24) is 9.96 Å². The molecule has 3 fully saturated rings. The Kier molecular flexibility index (Phi) is 5.05. The van der Waals surface area contributed by atoms with E-state index in [2.05, 4.69) is 0 Å². The number of para-hydroxylation sites is 1. The second-order valence-corrected chi connectivity index (χ2v) is 8.45. The summed E-state index contributed by atoms with van der Waals surface area (Å²) in [5.41, 5.74) is 1.63. The van der Waals surface area contributed by atoms with E-state index >= 15 is 0 Å². The van der Waals surface area contributed by atoms with Gasteiger partial charge in [0.15, 0.2) is 6.10 Å². The molecule has 0 radical (unpaired) electrons. The van der Waals surface area contributed by atoms with Crippen molar-refractivity contribution in [3.63, 3.8) is 0 Å². The molecule has 2 amide bonds. The number of hydroxylamine groups is 2. The van der Waals surface area contributed by atoms with Gasteiger partial charge in [0.2, 0.25) is 5.91 Å². The van der Waals surface area contributed by atoms with E-state index in [4.69, 9.17) is 4.84 Å². The summed E-state index contributed by atoms with van der Waals surface area (Å²) in [6.07, 6.45) is 4.15. The fourth-order valence-corrected chi connectivity index (χ4v) is 5.18. The third-order valence-corrected chi connectivity index (χ3v) is 6.61. The molecule has 30 heavy (non-hydrogen) atoms. The van der Waals surface area contributed by atoms with Crippen LogP contribution in [0.15, 0.2) is 54.6 Å². The van der Waals surface area contributed by atoms with Gasteiger partial charge in [0.1, 0.15) is 5.75 Å². The summed E-state index contributed by atoms with van der Waals surface area (Å²) in [7, 11) is 0. The quantitative estimate of drug-likeness (QED) is 0.786. The van der Waals surface area contributed by atoms with Crippen molar-refractivity contribution in [2.24, 2.45) is 5.92 Å². The highest BCUT2D eigenvalue weighted by atomic mass is 16.7. The Bertz CT molecular complexity index is 941. The molecule has 1 N–H and O–H groups in total. The highest BCUT2D eigenvalue weighted by Gasteiger charge is 2.61. The number of nitrogens with zero attached hydrogens (tertiary/aromatic N) is 2. The third-order valence-electron chi connectivity index (χ3n) is 6.61. The van der Waals surface area contributed by atoms with Gasteiger partial charge in [0.25, 0.3) is 5.91 Å². The number of imide groups is 1. The molecular weight excluding hydrogens is 380 g/mol. The minimum atomic E-state index is -0.826. The fraction of sp³-hybridized carbons (Fsp3) is 0.417. The van der Waals surface area contributed by atoms with Gasteiger partial charge < -0.3 is 5.11 Å². The van der Waals surface area contributed by atoms with Crippen molar-refractivity contribution in [1.29, 1.82) is 0 Å². The van der Waals surface area contributed by atoms with Crippen LogP contribution in [0.5, 0.6) is 5.75 Å². The molecule has 1 aliphatic carbocycles. The summed E-state index contributed by atoms with van der Waals surface area (Å²) in [6, 6.07) is 16.3. The van der Waals surface area contributed by atoms with E-state index in [1.54, 1.807) is 17.2 Å². The van der Waals surface area contributed by atoms with Crippen LogP contribution in [-0.4, -0.2) is 39.0 Å². The molecular formula is C24H26N2O4. The Labute approximate surface area is 176 Å². The zero-order valence-electron chi connectivity index (χ0n) is 16.8. The van der Waals surface area contributed by atoms with Crippen LogP contribution < -0.4 is 0 Å². The van der Waals surface area contributed by atoms with Crippen LogP contribution in [0.4, 0.5) is 0 Å². The van der Waals surface area contributed by atoms with Gasteiger partial charge in [0, 0.05) is 18.2 Å². The lowest BCUT2D eigenvalue weighted by Crippen LogP contribution is -2.44. The molecule has 0 bridgehead atoms. The number of phenolic OH excluding ortho intramolecular Hbond substituents is 1. The van der Waals surface area contributed by atoms with Gasteiger partial charge in [-0.25, -0.2) is 0 Å². The van der Waals surface area contributed by atoms with Crippen LogP contribution in [0.3, 0.4) is 0 Å². The number of carbonyl (C=O) groups is 2. The lowest BCUT2D eigenvalue weighted by Gasteiger charge is -2.32. The average molecular weight is 406 g/mol. The molecule has 3 aliphatic rings.